The molecular formula is C21H25N2O3+. The molecule has 0 fully saturated rings. The van der Waals surface area contributed by atoms with Crippen LogP contribution >= 0.6 is 0 Å². The van der Waals surface area contributed by atoms with Gasteiger partial charge in [-0.3, -0.25) is 0 Å². The van der Waals surface area contributed by atoms with E-state index in [4.69, 9.17) is 14.2 Å². The van der Waals surface area contributed by atoms with E-state index in [1.54, 1.807) is 21.3 Å². The Labute approximate surface area is 154 Å². The maximum atomic E-state index is 5.45. The molecule has 3 rings (SSSR count). The van der Waals surface area contributed by atoms with E-state index in [0.717, 1.165) is 18.7 Å². The first-order chi connectivity index (χ1) is 12.7. The molecule has 0 saturated carbocycles. The number of hydrogen-bond donors (Lipinski definition) is 0. The molecule has 26 heavy (non-hydrogen) atoms. The topological polar surface area (TPSA) is 36.5 Å². The van der Waals surface area contributed by atoms with Gasteiger partial charge in [-0.2, -0.15) is 0 Å². The van der Waals surface area contributed by atoms with Gasteiger partial charge in [0.25, 0.3) is 5.82 Å². The highest BCUT2D eigenvalue weighted by molar-refractivity contribution is 5.53. The predicted molar refractivity (Wildman–Crippen MR) is 100 cm³/mol. The molecule has 2 aromatic carbocycles. The maximum absolute atomic E-state index is 5.45. The summed E-state index contributed by atoms with van der Waals surface area (Å²) in [5.41, 5.74) is 2.37. The van der Waals surface area contributed by atoms with E-state index in [1.807, 2.05) is 18.2 Å². The molecular weight excluding hydrogens is 328 g/mol. The van der Waals surface area contributed by atoms with Crippen molar-refractivity contribution in [3.63, 3.8) is 0 Å². The monoisotopic (exact) mass is 353 g/mol. The zero-order valence-corrected chi connectivity index (χ0v) is 15.7. The van der Waals surface area contributed by atoms with Crippen LogP contribution in [-0.2, 0) is 13.1 Å². The average Bonchev–Trinajstić information content (AvgIpc) is 3.01. The Balaban J connectivity index is 1.85. The first-order valence-corrected chi connectivity index (χ1v) is 8.54. The number of benzene rings is 2. The quantitative estimate of drug-likeness (QED) is 0.612. The molecule has 1 heterocycles. The van der Waals surface area contributed by atoms with Crippen LogP contribution in [0, 0.1) is 6.92 Å². The molecule has 1 aromatic heterocycles. The highest BCUT2D eigenvalue weighted by atomic mass is 16.5. The molecule has 136 valence electrons. The third kappa shape index (κ3) is 3.67. The molecule has 0 saturated heterocycles. The molecule has 0 aliphatic carbocycles. The molecule has 0 spiro atoms. The summed E-state index contributed by atoms with van der Waals surface area (Å²) in [4.78, 5) is 0. The van der Waals surface area contributed by atoms with E-state index in [-0.39, 0.29) is 0 Å². The molecule has 0 amide bonds. The number of rotatable bonds is 7. The van der Waals surface area contributed by atoms with Crippen LogP contribution < -0.4 is 18.8 Å². The third-order valence-corrected chi connectivity index (χ3v) is 4.53. The van der Waals surface area contributed by atoms with Crippen molar-refractivity contribution in [2.75, 3.05) is 21.3 Å². The minimum Gasteiger partial charge on any atom is -0.493 e. The van der Waals surface area contributed by atoms with Crippen LogP contribution in [0.1, 0.15) is 17.0 Å². The summed E-state index contributed by atoms with van der Waals surface area (Å²) < 4.78 is 20.8. The Hall–Kier alpha value is -2.95. The van der Waals surface area contributed by atoms with Gasteiger partial charge < -0.3 is 14.2 Å². The molecule has 5 nitrogen and oxygen atoms in total. The summed E-state index contributed by atoms with van der Waals surface area (Å²) in [6, 6.07) is 14.4. The fourth-order valence-electron chi connectivity index (χ4n) is 3.08. The van der Waals surface area contributed by atoms with E-state index in [2.05, 4.69) is 52.7 Å². The smallest absolute Gasteiger partial charge is 0.253 e. The maximum Gasteiger partial charge on any atom is 0.253 e. The molecule has 5 heteroatoms. The van der Waals surface area contributed by atoms with Gasteiger partial charge in [-0.15, -0.1) is 0 Å². The van der Waals surface area contributed by atoms with Gasteiger partial charge >= 0.3 is 0 Å². The van der Waals surface area contributed by atoms with Gasteiger partial charge in [-0.1, -0.05) is 30.3 Å². The number of ether oxygens (including phenoxy) is 3. The normalized spacial score (nSPS) is 10.6. The Morgan fingerprint density at radius 1 is 0.885 bits per heavy atom. The van der Waals surface area contributed by atoms with Crippen molar-refractivity contribution in [2.45, 2.75) is 20.0 Å². The zero-order valence-electron chi connectivity index (χ0n) is 15.7. The van der Waals surface area contributed by atoms with Crippen molar-refractivity contribution >= 4 is 0 Å². The SMILES string of the molecule is COc1cc(C[n+]2ccn(Cc3ccccc3)c2C)cc(OC)c1OC. The summed E-state index contributed by atoms with van der Waals surface area (Å²) >= 11 is 0. The lowest BCUT2D eigenvalue weighted by Crippen LogP contribution is -2.36. The number of hydrogen-bond acceptors (Lipinski definition) is 3. The lowest BCUT2D eigenvalue weighted by Gasteiger charge is -2.13. The Bertz CT molecular complexity index is 847. The standard InChI is InChI=1S/C21H25N2O3/c1-16-22(14-17-8-6-5-7-9-17)10-11-23(16)15-18-12-19(24-2)21(26-4)20(13-18)25-3/h5-13H,14-15H2,1-4H3/q+1. The summed E-state index contributed by atoms with van der Waals surface area (Å²) in [6.07, 6.45) is 4.21. The number of methoxy groups -OCH3 is 3. The predicted octanol–water partition coefficient (Wildman–Crippen LogP) is 3.21. The van der Waals surface area contributed by atoms with Gasteiger partial charge in [0.2, 0.25) is 5.75 Å². The molecule has 0 aliphatic heterocycles. The van der Waals surface area contributed by atoms with Crippen molar-refractivity contribution in [3.8, 4) is 17.2 Å². The van der Waals surface area contributed by atoms with Crippen LogP contribution in [-0.4, -0.2) is 25.9 Å². The van der Waals surface area contributed by atoms with Crippen molar-refractivity contribution in [2.24, 2.45) is 0 Å². The number of nitrogens with zero attached hydrogens (tertiary/aromatic N) is 2. The first kappa shape index (κ1) is 17.9. The minimum absolute atomic E-state index is 0.613. The molecule has 0 radical (unpaired) electrons. The average molecular weight is 353 g/mol. The lowest BCUT2D eigenvalue weighted by atomic mass is 10.1. The van der Waals surface area contributed by atoms with E-state index in [1.165, 1.54) is 11.4 Å². The van der Waals surface area contributed by atoms with Crippen molar-refractivity contribution < 1.29 is 18.8 Å². The van der Waals surface area contributed by atoms with Crippen LogP contribution in [0.3, 0.4) is 0 Å². The second-order valence-corrected chi connectivity index (χ2v) is 6.12. The van der Waals surface area contributed by atoms with E-state index in [9.17, 15) is 0 Å². The third-order valence-electron chi connectivity index (χ3n) is 4.53. The van der Waals surface area contributed by atoms with Gasteiger partial charge in [-0.25, -0.2) is 9.13 Å². The summed E-state index contributed by atoms with van der Waals surface area (Å²) in [6.45, 7) is 3.71. The molecule has 0 unspecified atom stereocenters. The molecule has 0 aliphatic rings. The fraction of sp³-hybridized carbons (Fsp3) is 0.286. The van der Waals surface area contributed by atoms with Gasteiger partial charge in [-0.05, 0) is 17.7 Å². The second kappa shape index (κ2) is 7.95. The van der Waals surface area contributed by atoms with Gasteiger partial charge in [0.15, 0.2) is 11.5 Å². The first-order valence-electron chi connectivity index (χ1n) is 8.54. The van der Waals surface area contributed by atoms with Crippen LogP contribution in [0.15, 0.2) is 54.9 Å². The largest absolute Gasteiger partial charge is 0.493 e. The van der Waals surface area contributed by atoms with Crippen molar-refractivity contribution in [1.29, 1.82) is 0 Å². The van der Waals surface area contributed by atoms with Gasteiger partial charge in [0.1, 0.15) is 25.5 Å². The van der Waals surface area contributed by atoms with Crippen LogP contribution in [0.25, 0.3) is 0 Å². The lowest BCUT2D eigenvalue weighted by molar-refractivity contribution is -0.693. The zero-order chi connectivity index (χ0) is 18.5. The molecule has 0 atom stereocenters. The number of imidazole rings is 1. The molecule has 3 aromatic rings. The molecule has 0 bridgehead atoms. The highest BCUT2D eigenvalue weighted by Crippen LogP contribution is 2.38. The summed E-state index contributed by atoms with van der Waals surface area (Å²) in [7, 11) is 4.88. The van der Waals surface area contributed by atoms with Crippen LogP contribution in [0.4, 0.5) is 0 Å². The van der Waals surface area contributed by atoms with E-state index < -0.39 is 0 Å². The highest BCUT2D eigenvalue weighted by Gasteiger charge is 2.17. The van der Waals surface area contributed by atoms with Crippen LogP contribution in [0.2, 0.25) is 0 Å². The minimum atomic E-state index is 0.613. The fourth-order valence-corrected chi connectivity index (χ4v) is 3.08. The van der Waals surface area contributed by atoms with E-state index >= 15 is 0 Å². The summed E-state index contributed by atoms with van der Waals surface area (Å²) in [5.74, 6) is 3.14. The van der Waals surface area contributed by atoms with E-state index in [0.29, 0.717) is 17.2 Å². The number of aromatic nitrogens is 2. The Kier molecular flexibility index (Phi) is 5.46. The van der Waals surface area contributed by atoms with Gasteiger partial charge in [0.05, 0.1) is 21.3 Å². The van der Waals surface area contributed by atoms with Gasteiger partial charge in [0, 0.05) is 12.5 Å². The van der Waals surface area contributed by atoms with Crippen molar-refractivity contribution in [1.82, 2.24) is 4.57 Å². The van der Waals surface area contributed by atoms with Crippen LogP contribution in [0.5, 0.6) is 17.2 Å². The summed E-state index contributed by atoms with van der Waals surface area (Å²) in [5, 5.41) is 0. The Morgan fingerprint density at radius 3 is 2.12 bits per heavy atom. The van der Waals surface area contributed by atoms with Crippen molar-refractivity contribution in [3.05, 3.63) is 71.8 Å². The second-order valence-electron chi connectivity index (χ2n) is 6.12. The Morgan fingerprint density at radius 2 is 1.54 bits per heavy atom. The molecule has 0 N–H and O–H groups in total.